The van der Waals surface area contributed by atoms with Gasteiger partial charge >= 0.3 is 5.69 Å². The van der Waals surface area contributed by atoms with Crippen molar-refractivity contribution in [2.24, 2.45) is 0 Å². The topological polar surface area (TPSA) is 115 Å². The van der Waals surface area contributed by atoms with Gasteiger partial charge in [0.2, 0.25) is 5.88 Å². The van der Waals surface area contributed by atoms with Crippen LogP contribution in [0.2, 0.25) is 0 Å². The van der Waals surface area contributed by atoms with Crippen molar-refractivity contribution in [3.8, 4) is 17.4 Å². The van der Waals surface area contributed by atoms with E-state index in [0.717, 1.165) is 44.1 Å². The van der Waals surface area contributed by atoms with Crippen LogP contribution in [-0.2, 0) is 29.1 Å². The van der Waals surface area contributed by atoms with Gasteiger partial charge in [-0.3, -0.25) is 13.9 Å². The average Bonchev–Trinajstić information content (AvgIpc) is 3.35. The van der Waals surface area contributed by atoms with Gasteiger partial charge in [-0.15, -0.1) is 0 Å². The Balaban J connectivity index is 1.37. The molecule has 0 bridgehead atoms. The van der Waals surface area contributed by atoms with Gasteiger partial charge in [0.25, 0.3) is 5.56 Å². The van der Waals surface area contributed by atoms with Crippen LogP contribution in [-0.4, -0.2) is 54.3 Å². The predicted octanol–water partition coefficient (Wildman–Crippen LogP) is 3.75. The first kappa shape index (κ1) is 27.3. The molecule has 0 spiro atoms. The summed E-state index contributed by atoms with van der Waals surface area (Å²) >= 11 is 0. The molecule has 4 heterocycles. The Bertz CT molecular complexity index is 1580. The lowest BCUT2D eigenvalue weighted by atomic mass is 9.96. The zero-order valence-electron chi connectivity index (χ0n) is 23.4. The zero-order chi connectivity index (χ0) is 28.2. The molecule has 1 unspecified atom stereocenters. The van der Waals surface area contributed by atoms with E-state index >= 15 is 0 Å². The van der Waals surface area contributed by atoms with E-state index in [4.69, 9.17) is 19.2 Å². The SMILES string of the molecule is CCn1c(=O)n(CCCOC2CCCCO2)c(=O)c2c1nc(-c1cnc(OC3CCC3)cn1)n2Cc1ccccc1. The van der Waals surface area contributed by atoms with E-state index in [-0.39, 0.29) is 30.2 Å². The number of imidazole rings is 1. The first-order chi connectivity index (χ1) is 20.1. The molecule has 0 N–H and O–H groups in total. The van der Waals surface area contributed by atoms with E-state index in [2.05, 4.69) is 9.97 Å². The van der Waals surface area contributed by atoms with E-state index in [1.54, 1.807) is 17.0 Å². The van der Waals surface area contributed by atoms with Crippen LogP contribution >= 0.6 is 0 Å². The van der Waals surface area contributed by atoms with Crippen LogP contribution in [0, 0.1) is 0 Å². The third kappa shape index (κ3) is 5.82. The van der Waals surface area contributed by atoms with E-state index in [1.165, 1.54) is 4.57 Å². The molecule has 6 rings (SSSR count). The highest BCUT2D eigenvalue weighted by Crippen LogP contribution is 2.26. The van der Waals surface area contributed by atoms with Crippen molar-refractivity contribution in [1.82, 2.24) is 28.7 Å². The molecule has 0 amide bonds. The van der Waals surface area contributed by atoms with Crippen LogP contribution in [0.4, 0.5) is 0 Å². The van der Waals surface area contributed by atoms with Gasteiger partial charge in [0, 0.05) is 26.2 Å². The van der Waals surface area contributed by atoms with Gasteiger partial charge in [-0.2, -0.15) is 0 Å². The fraction of sp³-hybridized carbons (Fsp3) is 0.500. The Morgan fingerprint density at radius 3 is 2.51 bits per heavy atom. The summed E-state index contributed by atoms with van der Waals surface area (Å²) in [7, 11) is 0. The third-order valence-electron chi connectivity index (χ3n) is 7.78. The Hall–Kier alpha value is -3.83. The maximum absolute atomic E-state index is 14.0. The summed E-state index contributed by atoms with van der Waals surface area (Å²) in [5.41, 5.74) is 1.43. The molecule has 1 aliphatic carbocycles. The first-order valence-corrected chi connectivity index (χ1v) is 14.6. The maximum Gasteiger partial charge on any atom is 0.332 e. The van der Waals surface area contributed by atoms with Gasteiger partial charge in [0.15, 0.2) is 23.3 Å². The van der Waals surface area contributed by atoms with E-state index in [1.807, 2.05) is 41.8 Å². The number of benzene rings is 1. The number of fused-ring (bicyclic) bond motifs is 1. The lowest BCUT2D eigenvalue weighted by Gasteiger charge is -2.25. The van der Waals surface area contributed by atoms with Crippen LogP contribution < -0.4 is 16.0 Å². The van der Waals surface area contributed by atoms with E-state index in [0.29, 0.717) is 61.3 Å². The minimum atomic E-state index is -0.384. The van der Waals surface area contributed by atoms with Crippen molar-refractivity contribution in [2.75, 3.05) is 13.2 Å². The lowest BCUT2D eigenvalue weighted by Crippen LogP contribution is -2.40. The molecule has 216 valence electrons. The summed E-state index contributed by atoms with van der Waals surface area (Å²) in [5.74, 6) is 0.943. The zero-order valence-corrected chi connectivity index (χ0v) is 23.4. The van der Waals surface area contributed by atoms with Gasteiger partial charge in [-0.1, -0.05) is 30.3 Å². The van der Waals surface area contributed by atoms with Crippen molar-refractivity contribution in [3.05, 3.63) is 69.1 Å². The van der Waals surface area contributed by atoms with Crippen molar-refractivity contribution in [1.29, 1.82) is 0 Å². The van der Waals surface area contributed by atoms with E-state index in [9.17, 15) is 9.59 Å². The molecule has 11 heteroatoms. The maximum atomic E-state index is 14.0. The monoisotopic (exact) mass is 560 g/mol. The summed E-state index contributed by atoms with van der Waals surface area (Å²) < 4.78 is 22.1. The summed E-state index contributed by atoms with van der Waals surface area (Å²) in [5, 5.41) is 0. The highest BCUT2D eigenvalue weighted by atomic mass is 16.7. The van der Waals surface area contributed by atoms with Crippen LogP contribution in [0.1, 0.15) is 57.4 Å². The molecule has 41 heavy (non-hydrogen) atoms. The first-order valence-electron chi connectivity index (χ1n) is 14.6. The molecule has 11 nitrogen and oxygen atoms in total. The number of hydrogen-bond donors (Lipinski definition) is 0. The Kier molecular flexibility index (Phi) is 8.24. The van der Waals surface area contributed by atoms with Crippen LogP contribution in [0.25, 0.3) is 22.7 Å². The number of aryl methyl sites for hydroxylation is 1. The van der Waals surface area contributed by atoms with Crippen molar-refractivity contribution < 1.29 is 14.2 Å². The standard InChI is InChI=1S/C30H36N6O5/c1-2-34-28-26(29(37)35(30(34)38)15-9-17-40-25-14-6-7-16-39-25)36(20-21-10-4-3-5-11-21)27(33-28)23-18-32-24(19-31-23)41-22-12-8-13-22/h3-5,10-11,18-19,22,25H,2,6-9,12-17,20H2,1H3. The van der Waals surface area contributed by atoms with Crippen LogP contribution in [0.15, 0.2) is 52.3 Å². The number of aromatic nitrogens is 6. The van der Waals surface area contributed by atoms with Crippen LogP contribution in [0.3, 0.4) is 0 Å². The van der Waals surface area contributed by atoms with Crippen molar-refractivity contribution in [2.45, 2.75) is 83.9 Å². The predicted molar refractivity (Wildman–Crippen MR) is 153 cm³/mol. The molecule has 2 fully saturated rings. The molecule has 3 aromatic heterocycles. The van der Waals surface area contributed by atoms with Gasteiger partial charge < -0.3 is 18.8 Å². The highest BCUT2D eigenvalue weighted by molar-refractivity contribution is 5.76. The summed E-state index contributed by atoms with van der Waals surface area (Å²) in [6.07, 6.45) is 9.92. The van der Waals surface area contributed by atoms with Crippen molar-refractivity contribution in [3.63, 3.8) is 0 Å². The molecule has 1 saturated carbocycles. The molecule has 1 atom stereocenters. The van der Waals surface area contributed by atoms with Crippen molar-refractivity contribution >= 4 is 11.2 Å². The number of rotatable bonds is 11. The lowest BCUT2D eigenvalue weighted by molar-refractivity contribution is -0.163. The molecule has 2 aliphatic rings. The van der Waals surface area contributed by atoms with Gasteiger partial charge in [-0.25, -0.2) is 19.7 Å². The average molecular weight is 561 g/mol. The van der Waals surface area contributed by atoms with Gasteiger partial charge in [0.1, 0.15) is 11.8 Å². The van der Waals surface area contributed by atoms with E-state index < -0.39 is 0 Å². The second-order valence-corrected chi connectivity index (χ2v) is 10.6. The molecular weight excluding hydrogens is 524 g/mol. The summed E-state index contributed by atoms with van der Waals surface area (Å²) in [6, 6.07) is 9.85. The molecule has 1 saturated heterocycles. The Morgan fingerprint density at radius 1 is 0.976 bits per heavy atom. The number of hydrogen-bond acceptors (Lipinski definition) is 8. The molecule has 1 aromatic carbocycles. The van der Waals surface area contributed by atoms with Crippen LogP contribution in [0.5, 0.6) is 5.88 Å². The third-order valence-corrected chi connectivity index (χ3v) is 7.78. The molecule has 0 radical (unpaired) electrons. The summed E-state index contributed by atoms with van der Waals surface area (Å²) in [4.78, 5) is 41.3. The quantitative estimate of drug-likeness (QED) is 0.255. The second kappa shape index (κ2) is 12.4. The number of ether oxygens (including phenoxy) is 3. The minimum Gasteiger partial charge on any atom is -0.473 e. The normalized spacial score (nSPS) is 17.5. The molecule has 4 aromatic rings. The largest absolute Gasteiger partial charge is 0.473 e. The second-order valence-electron chi connectivity index (χ2n) is 10.6. The Labute approximate surface area is 237 Å². The smallest absolute Gasteiger partial charge is 0.332 e. The molecular formula is C30H36N6O5. The summed E-state index contributed by atoms with van der Waals surface area (Å²) in [6.45, 7) is 3.97. The van der Waals surface area contributed by atoms with Gasteiger partial charge in [-0.05, 0) is 57.4 Å². The molecule has 1 aliphatic heterocycles. The minimum absolute atomic E-state index is 0.191. The fourth-order valence-corrected chi connectivity index (χ4v) is 5.32. The van der Waals surface area contributed by atoms with Gasteiger partial charge in [0.05, 0.1) is 19.0 Å². The Morgan fingerprint density at radius 2 is 1.83 bits per heavy atom. The highest BCUT2D eigenvalue weighted by Gasteiger charge is 2.24. The number of nitrogens with zero attached hydrogens (tertiary/aromatic N) is 6. The fourth-order valence-electron chi connectivity index (χ4n) is 5.32.